The molecule has 0 aliphatic heterocycles. The van der Waals surface area contributed by atoms with Gasteiger partial charge in [-0.15, -0.1) is 0 Å². The lowest BCUT2D eigenvalue weighted by Gasteiger charge is -2.31. The van der Waals surface area contributed by atoms with Crippen molar-refractivity contribution in [2.75, 3.05) is 47.1 Å². The first-order valence-corrected chi connectivity index (χ1v) is 10.9. The van der Waals surface area contributed by atoms with E-state index in [0.717, 1.165) is 0 Å². The van der Waals surface area contributed by atoms with Gasteiger partial charge in [0.05, 0.1) is 26.4 Å². The third kappa shape index (κ3) is 6.79. The van der Waals surface area contributed by atoms with Crippen molar-refractivity contribution in [2.45, 2.75) is 39.5 Å². The van der Waals surface area contributed by atoms with E-state index in [4.69, 9.17) is 18.1 Å². The Labute approximate surface area is 134 Å². The molecule has 0 aliphatic rings. The van der Waals surface area contributed by atoms with E-state index in [2.05, 4.69) is 0 Å². The first-order valence-electron chi connectivity index (χ1n) is 7.71. The van der Waals surface area contributed by atoms with Crippen molar-refractivity contribution in [2.24, 2.45) is 0 Å². The average Bonchev–Trinajstić information content (AvgIpc) is 2.39. The highest BCUT2D eigenvalue weighted by molar-refractivity contribution is 7.72. The number of hydrogen-bond acceptors (Lipinski definition) is 7. The molecular formula is C13H31NO6P2. The van der Waals surface area contributed by atoms with Gasteiger partial charge in [-0.2, -0.15) is 0 Å². The van der Waals surface area contributed by atoms with Crippen LogP contribution in [0.1, 0.15) is 34.1 Å². The molecule has 0 heterocycles. The summed E-state index contributed by atoms with van der Waals surface area (Å²) in [5.41, 5.74) is 0. The summed E-state index contributed by atoms with van der Waals surface area (Å²) in [6.45, 7) is 8.27. The third-order valence-corrected chi connectivity index (χ3v) is 8.95. The van der Waals surface area contributed by atoms with Crippen LogP contribution < -0.4 is 0 Å². The highest BCUT2D eigenvalue weighted by Crippen LogP contribution is 2.71. The van der Waals surface area contributed by atoms with Gasteiger partial charge in [0, 0.05) is 0 Å². The molecule has 0 aliphatic carbocycles. The monoisotopic (exact) mass is 359 g/mol. The van der Waals surface area contributed by atoms with Crippen LogP contribution in [0, 0.1) is 0 Å². The molecule has 0 N–H and O–H groups in total. The number of nitrogens with zero attached hydrogens (tertiary/aromatic N) is 1. The molecule has 0 saturated carbocycles. The maximum absolute atomic E-state index is 13.1. The molecule has 0 unspecified atom stereocenters. The van der Waals surface area contributed by atoms with E-state index in [9.17, 15) is 9.13 Å². The second-order valence-electron chi connectivity index (χ2n) is 4.82. The summed E-state index contributed by atoms with van der Waals surface area (Å²) in [6.07, 6.45) is 0.335. The van der Waals surface area contributed by atoms with E-state index in [1.165, 1.54) is 0 Å². The van der Waals surface area contributed by atoms with E-state index in [0.29, 0.717) is 13.0 Å². The van der Waals surface area contributed by atoms with Crippen LogP contribution in [0.2, 0.25) is 0 Å². The largest absolute Gasteiger partial charge is 0.345 e. The van der Waals surface area contributed by atoms with Crippen LogP contribution in [0.4, 0.5) is 0 Å². The molecule has 0 saturated heterocycles. The molecule has 0 amide bonds. The Balaban J connectivity index is 5.64. The van der Waals surface area contributed by atoms with Gasteiger partial charge in [0.25, 0.3) is 0 Å². The molecule has 9 heteroatoms. The lowest BCUT2D eigenvalue weighted by atomic mass is 10.4. The van der Waals surface area contributed by atoms with Crippen molar-refractivity contribution >= 4 is 15.2 Å². The second-order valence-corrected chi connectivity index (χ2v) is 9.67. The van der Waals surface area contributed by atoms with E-state index in [1.54, 1.807) is 27.7 Å². The molecule has 0 aromatic rings. The summed E-state index contributed by atoms with van der Waals surface area (Å²) in [6, 6.07) is 0. The fraction of sp³-hybridized carbons (Fsp3) is 1.00. The van der Waals surface area contributed by atoms with Gasteiger partial charge in [0.1, 0.15) is 0 Å². The Morgan fingerprint density at radius 3 is 1.32 bits per heavy atom. The lowest BCUT2D eigenvalue weighted by Crippen LogP contribution is -2.23. The first-order chi connectivity index (χ1) is 10.3. The minimum absolute atomic E-state index is 0.202. The fourth-order valence-electron chi connectivity index (χ4n) is 2.00. The Bertz CT molecular complexity index is 341. The van der Waals surface area contributed by atoms with Crippen molar-refractivity contribution in [3.63, 3.8) is 0 Å². The molecule has 0 radical (unpaired) electrons. The smallest absolute Gasteiger partial charge is 0.309 e. The zero-order valence-corrected chi connectivity index (χ0v) is 16.4. The Morgan fingerprint density at radius 1 is 0.773 bits per heavy atom. The van der Waals surface area contributed by atoms with E-state index >= 15 is 0 Å². The average molecular weight is 359 g/mol. The predicted octanol–water partition coefficient (Wildman–Crippen LogP) is 3.80. The maximum atomic E-state index is 13.1. The first kappa shape index (κ1) is 22.3. The van der Waals surface area contributed by atoms with Gasteiger partial charge in [0.2, 0.25) is 0 Å². The summed E-state index contributed by atoms with van der Waals surface area (Å²) in [4.78, 5) is 1.91. The van der Waals surface area contributed by atoms with Crippen LogP contribution in [-0.4, -0.2) is 57.4 Å². The molecule has 134 valence electrons. The maximum Gasteiger partial charge on any atom is 0.345 e. The van der Waals surface area contributed by atoms with Crippen molar-refractivity contribution in [3.8, 4) is 0 Å². The SMILES string of the molecule is CCOP(=O)(OCC)C(CCN(C)C)P(=O)(OCC)OCC. The van der Waals surface area contributed by atoms with Gasteiger partial charge in [0.15, 0.2) is 5.40 Å². The van der Waals surface area contributed by atoms with Crippen LogP contribution in [0.5, 0.6) is 0 Å². The van der Waals surface area contributed by atoms with Crippen LogP contribution in [0.25, 0.3) is 0 Å². The highest BCUT2D eigenvalue weighted by Gasteiger charge is 2.50. The molecular weight excluding hydrogens is 328 g/mol. The van der Waals surface area contributed by atoms with Crippen molar-refractivity contribution in [1.82, 2.24) is 4.90 Å². The lowest BCUT2D eigenvalue weighted by molar-refractivity contribution is 0.192. The molecule has 0 aromatic carbocycles. The molecule has 0 rings (SSSR count). The number of hydrogen-bond donors (Lipinski definition) is 0. The zero-order chi connectivity index (χ0) is 17.2. The normalized spacial score (nSPS) is 13.3. The Morgan fingerprint density at radius 2 is 1.09 bits per heavy atom. The van der Waals surface area contributed by atoms with Gasteiger partial charge in [-0.1, -0.05) is 0 Å². The van der Waals surface area contributed by atoms with E-state index in [-0.39, 0.29) is 26.4 Å². The molecule has 0 bridgehead atoms. The fourth-order valence-corrected chi connectivity index (χ4v) is 7.33. The summed E-state index contributed by atoms with van der Waals surface area (Å²) in [5.74, 6) is 0. The van der Waals surface area contributed by atoms with Gasteiger partial charge in [-0.25, -0.2) is 0 Å². The molecule has 0 spiro atoms. The van der Waals surface area contributed by atoms with Crippen LogP contribution in [-0.2, 0) is 27.2 Å². The third-order valence-electron chi connectivity index (χ3n) is 2.80. The van der Waals surface area contributed by atoms with Gasteiger partial charge >= 0.3 is 15.2 Å². The Hall–Kier alpha value is 0.260. The van der Waals surface area contributed by atoms with Crippen molar-refractivity contribution < 1.29 is 27.2 Å². The summed E-state index contributed by atoms with van der Waals surface area (Å²) in [7, 11) is -3.44. The Kier molecular flexibility index (Phi) is 11.1. The summed E-state index contributed by atoms with van der Waals surface area (Å²) >= 11 is 0. The van der Waals surface area contributed by atoms with Crippen molar-refractivity contribution in [3.05, 3.63) is 0 Å². The molecule has 0 fully saturated rings. The van der Waals surface area contributed by atoms with Crippen LogP contribution in [0.15, 0.2) is 0 Å². The van der Waals surface area contributed by atoms with Gasteiger partial charge < -0.3 is 23.0 Å². The standard InChI is InChI=1S/C13H31NO6P2/c1-7-17-21(15,18-8-2)13(11-12-14(5)6)22(16,19-9-3)20-10-4/h13H,7-12H2,1-6H3. The summed E-state index contributed by atoms with van der Waals surface area (Å²) < 4.78 is 47.8. The number of rotatable bonds is 13. The van der Waals surface area contributed by atoms with Crippen molar-refractivity contribution in [1.29, 1.82) is 0 Å². The molecule has 22 heavy (non-hydrogen) atoms. The van der Waals surface area contributed by atoms with E-state index < -0.39 is 20.6 Å². The minimum Gasteiger partial charge on any atom is -0.309 e. The molecule has 7 nitrogen and oxygen atoms in total. The predicted molar refractivity (Wildman–Crippen MR) is 88.7 cm³/mol. The van der Waals surface area contributed by atoms with Gasteiger partial charge in [-0.3, -0.25) is 9.13 Å². The minimum atomic E-state index is -3.61. The van der Waals surface area contributed by atoms with Crippen LogP contribution >= 0.6 is 15.2 Å². The summed E-state index contributed by atoms with van der Waals surface area (Å²) in [5, 5.41) is -0.929. The highest BCUT2D eigenvalue weighted by atomic mass is 31.2. The second kappa shape index (κ2) is 10.9. The quantitative estimate of drug-likeness (QED) is 0.463. The zero-order valence-electron chi connectivity index (χ0n) is 14.6. The molecule has 0 aromatic heterocycles. The topological polar surface area (TPSA) is 74.3 Å². The molecule has 0 atom stereocenters. The van der Waals surface area contributed by atoms with E-state index in [1.807, 2.05) is 19.0 Å². The van der Waals surface area contributed by atoms with Gasteiger partial charge in [-0.05, 0) is 54.8 Å². The van der Waals surface area contributed by atoms with Crippen LogP contribution in [0.3, 0.4) is 0 Å².